The summed E-state index contributed by atoms with van der Waals surface area (Å²) >= 11 is 0. The largest absolute Gasteiger partial charge is 0.463 e. The van der Waals surface area contributed by atoms with Crippen molar-refractivity contribution in [1.29, 1.82) is 0 Å². The monoisotopic (exact) mass is 468 g/mol. The highest BCUT2D eigenvalue weighted by Crippen LogP contribution is 2.38. The molecule has 2 rings (SSSR count). The van der Waals surface area contributed by atoms with E-state index in [0.29, 0.717) is 0 Å². The van der Waals surface area contributed by atoms with Crippen molar-refractivity contribution in [2.24, 2.45) is 5.11 Å². The minimum atomic E-state index is -2.24. The lowest BCUT2D eigenvalue weighted by Gasteiger charge is -2.38. The third-order valence-electron chi connectivity index (χ3n) is 4.51. The number of methoxy groups -OCH3 is 1. The summed E-state index contributed by atoms with van der Waals surface area (Å²) in [4.78, 5) is 42.1. The van der Waals surface area contributed by atoms with Crippen molar-refractivity contribution in [1.82, 2.24) is 9.55 Å². The number of anilines is 1. The van der Waals surface area contributed by atoms with Gasteiger partial charge in [-0.25, -0.2) is 4.79 Å². The molecular formula is C18H28N6O7Si. The Hall–Kier alpha value is -2.77. The van der Waals surface area contributed by atoms with E-state index in [9.17, 15) is 19.9 Å². The fourth-order valence-electron chi connectivity index (χ4n) is 3.52. The number of hydrogen-bond donors (Lipinski definition) is 1. The second-order valence-corrected chi connectivity index (χ2v) is 12.7. The molecule has 14 heteroatoms. The van der Waals surface area contributed by atoms with Gasteiger partial charge >= 0.3 is 11.7 Å². The number of nitrogens with zero attached hydrogens (tertiary/aromatic N) is 5. The van der Waals surface area contributed by atoms with E-state index in [2.05, 4.69) is 20.3 Å². The van der Waals surface area contributed by atoms with Gasteiger partial charge in [0.05, 0.1) is 6.61 Å². The van der Waals surface area contributed by atoms with Gasteiger partial charge in [0, 0.05) is 32.1 Å². The average molecular weight is 469 g/mol. The van der Waals surface area contributed by atoms with Crippen molar-refractivity contribution in [3.05, 3.63) is 33.2 Å². The van der Waals surface area contributed by atoms with Crippen LogP contribution in [0.5, 0.6) is 0 Å². The molecule has 1 fully saturated rings. The normalized spacial score (nSPS) is 23.8. The number of rotatable bonds is 9. The van der Waals surface area contributed by atoms with Crippen molar-refractivity contribution >= 4 is 26.0 Å². The third-order valence-corrected chi connectivity index (χ3v) is 5.53. The number of esters is 1. The summed E-state index contributed by atoms with van der Waals surface area (Å²) in [6.07, 6.45) is -0.605. The van der Waals surface area contributed by atoms with Crippen LogP contribution >= 0.6 is 0 Å². The standard InChI is InChI=1S/C18H28N6O7Si/c1-11(25)20-13-7-8-24(17(27)21-13)16(28-3)14-15(22-23-19)18(10-30-14,9-29-12(2)26)31-32(4,5)6/h7-8,14-16H,9-10H2,1-6H3,(H,20,21,25,27)/t14-,15+,16?,18+/m1/s1. The zero-order chi connectivity index (χ0) is 24.1. The minimum absolute atomic E-state index is 0.0507. The number of hydrogen-bond acceptors (Lipinski definition) is 9. The van der Waals surface area contributed by atoms with E-state index >= 15 is 0 Å². The molecule has 1 aliphatic rings. The van der Waals surface area contributed by atoms with E-state index in [1.807, 2.05) is 19.6 Å². The van der Waals surface area contributed by atoms with E-state index in [1.165, 1.54) is 33.2 Å². The van der Waals surface area contributed by atoms with Crippen LogP contribution in [0, 0.1) is 0 Å². The maximum atomic E-state index is 12.6. The number of carbonyl (C=O) groups excluding carboxylic acids is 2. The van der Waals surface area contributed by atoms with Crippen LogP contribution in [0.2, 0.25) is 19.6 Å². The second kappa shape index (κ2) is 10.2. The van der Waals surface area contributed by atoms with E-state index in [-0.39, 0.29) is 24.9 Å². The summed E-state index contributed by atoms with van der Waals surface area (Å²) in [5, 5.41) is 6.32. The Morgan fingerprint density at radius 1 is 1.47 bits per heavy atom. The van der Waals surface area contributed by atoms with Crippen LogP contribution in [0.1, 0.15) is 20.1 Å². The molecule has 0 aliphatic carbocycles. The number of amides is 1. The van der Waals surface area contributed by atoms with Gasteiger partial charge in [-0.1, -0.05) is 5.11 Å². The van der Waals surface area contributed by atoms with Gasteiger partial charge in [0.2, 0.25) is 5.91 Å². The zero-order valence-corrected chi connectivity index (χ0v) is 19.9. The van der Waals surface area contributed by atoms with Gasteiger partial charge in [-0.15, -0.1) is 0 Å². The fraction of sp³-hybridized carbons (Fsp3) is 0.667. The number of aromatic nitrogens is 2. The Balaban J connectivity index is 2.47. The zero-order valence-electron chi connectivity index (χ0n) is 18.9. The molecule has 13 nitrogen and oxygen atoms in total. The van der Waals surface area contributed by atoms with Crippen molar-refractivity contribution in [3.63, 3.8) is 0 Å². The molecule has 0 aromatic carbocycles. The Labute approximate surface area is 185 Å². The van der Waals surface area contributed by atoms with Crippen LogP contribution in [0.15, 0.2) is 22.2 Å². The smallest absolute Gasteiger partial charge is 0.351 e. The quantitative estimate of drug-likeness (QED) is 0.187. The van der Waals surface area contributed by atoms with Gasteiger partial charge < -0.3 is 24.0 Å². The number of ether oxygens (including phenoxy) is 3. The van der Waals surface area contributed by atoms with Crippen LogP contribution in [-0.4, -0.2) is 67.8 Å². The van der Waals surface area contributed by atoms with Crippen molar-refractivity contribution < 1.29 is 28.2 Å². The van der Waals surface area contributed by atoms with Gasteiger partial charge in [0.25, 0.3) is 0 Å². The van der Waals surface area contributed by atoms with Crippen LogP contribution in [0.4, 0.5) is 5.82 Å². The first-order valence-electron chi connectivity index (χ1n) is 9.81. The van der Waals surface area contributed by atoms with E-state index in [1.54, 1.807) is 0 Å². The van der Waals surface area contributed by atoms with E-state index in [0.717, 1.165) is 4.57 Å². The van der Waals surface area contributed by atoms with Crippen molar-refractivity contribution in [3.8, 4) is 0 Å². The lowest BCUT2D eigenvalue weighted by atomic mass is 9.94. The first-order valence-corrected chi connectivity index (χ1v) is 13.2. The Bertz CT molecular complexity index is 958. The minimum Gasteiger partial charge on any atom is -0.463 e. The molecule has 1 aromatic rings. The first-order chi connectivity index (χ1) is 14.9. The summed E-state index contributed by atoms with van der Waals surface area (Å²) in [5.74, 6) is -0.818. The Kier molecular flexibility index (Phi) is 8.15. The molecule has 0 spiro atoms. The van der Waals surface area contributed by atoms with Crippen molar-refractivity contribution in [2.45, 2.75) is 57.5 Å². The van der Waals surface area contributed by atoms with E-state index in [4.69, 9.17) is 18.6 Å². The van der Waals surface area contributed by atoms with E-state index < -0.39 is 44.0 Å². The van der Waals surface area contributed by atoms with Gasteiger partial charge in [-0.05, 0) is 31.2 Å². The Morgan fingerprint density at radius 2 is 2.16 bits per heavy atom. The summed E-state index contributed by atoms with van der Waals surface area (Å²) < 4.78 is 24.2. The molecule has 176 valence electrons. The van der Waals surface area contributed by atoms with Crippen LogP contribution in [0.25, 0.3) is 10.4 Å². The summed E-state index contributed by atoms with van der Waals surface area (Å²) in [5.41, 5.74) is 7.28. The highest BCUT2D eigenvalue weighted by atomic mass is 28.4. The number of nitrogens with one attached hydrogen (secondary N) is 1. The lowest BCUT2D eigenvalue weighted by molar-refractivity contribution is -0.148. The van der Waals surface area contributed by atoms with Crippen molar-refractivity contribution in [2.75, 3.05) is 25.6 Å². The third kappa shape index (κ3) is 6.14. The molecule has 2 heterocycles. The summed E-state index contributed by atoms with van der Waals surface area (Å²) in [6.45, 7) is 8.12. The summed E-state index contributed by atoms with van der Waals surface area (Å²) in [7, 11) is -0.880. The number of carbonyl (C=O) groups is 2. The SMILES string of the molecule is COC([C@@H]1OC[C@](COC(C)=O)(O[Si](C)(C)C)[C@H]1N=[N+]=[N-])n1ccc(NC(C)=O)nc1=O. The molecule has 4 atom stereocenters. The highest BCUT2D eigenvalue weighted by Gasteiger charge is 2.56. The lowest BCUT2D eigenvalue weighted by Crippen LogP contribution is -2.55. The molecule has 0 saturated carbocycles. The molecule has 1 unspecified atom stereocenters. The second-order valence-electron chi connectivity index (χ2n) is 8.29. The van der Waals surface area contributed by atoms with Crippen LogP contribution in [0.3, 0.4) is 0 Å². The molecule has 1 aliphatic heterocycles. The fourth-order valence-corrected chi connectivity index (χ4v) is 4.98. The topological polar surface area (TPSA) is 167 Å². The predicted octanol–water partition coefficient (Wildman–Crippen LogP) is 1.58. The van der Waals surface area contributed by atoms with Gasteiger partial charge in [-0.2, -0.15) is 4.98 Å². The molecule has 1 N–H and O–H groups in total. The molecule has 0 radical (unpaired) electrons. The molecule has 0 bridgehead atoms. The van der Waals surface area contributed by atoms with Gasteiger partial charge in [0.1, 0.15) is 30.2 Å². The maximum absolute atomic E-state index is 12.6. The predicted molar refractivity (Wildman–Crippen MR) is 115 cm³/mol. The molecule has 1 amide bonds. The molecule has 1 aromatic heterocycles. The molecule has 1 saturated heterocycles. The highest BCUT2D eigenvalue weighted by molar-refractivity contribution is 6.69. The number of azide groups is 1. The van der Waals surface area contributed by atoms with Gasteiger partial charge in [0.15, 0.2) is 14.5 Å². The van der Waals surface area contributed by atoms with Crippen LogP contribution in [-0.2, 0) is 28.2 Å². The van der Waals surface area contributed by atoms with Crippen LogP contribution < -0.4 is 11.0 Å². The summed E-state index contributed by atoms with van der Waals surface area (Å²) in [6, 6.07) is 0.447. The Morgan fingerprint density at radius 3 is 2.66 bits per heavy atom. The molecule has 32 heavy (non-hydrogen) atoms. The first kappa shape index (κ1) is 25.5. The van der Waals surface area contributed by atoms with Gasteiger partial charge in [-0.3, -0.25) is 14.2 Å². The maximum Gasteiger partial charge on any atom is 0.351 e. The average Bonchev–Trinajstić information content (AvgIpc) is 2.99. The molecular weight excluding hydrogens is 440 g/mol.